The Morgan fingerprint density at radius 3 is 2.17 bits per heavy atom. The second-order valence-electron chi connectivity index (χ2n) is 8.92. The summed E-state index contributed by atoms with van der Waals surface area (Å²) in [5.41, 5.74) is 2.84. The number of hydrogen-bond acceptors (Lipinski definition) is 6. The van der Waals surface area contributed by atoms with Gasteiger partial charge in [0.25, 0.3) is 0 Å². The first-order valence-electron chi connectivity index (χ1n) is 12.1. The molecule has 0 aliphatic carbocycles. The largest absolute Gasteiger partial charge is 0.344 e. The smallest absolute Gasteiger partial charge is 0.237 e. The second kappa shape index (κ2) is 10.6. The van der Waals surface area contributed by atoms with Crippen molar-refractivity contribution in [2.75, 3.05) is 13.1 Å². The molecule has 1 unspecified atom stereocenters. The van der Waals surface area contributed by atoms with Crippen molar-refractivity contribution in [1.29, 1.82) is 0 Å². The number of carbonyl (C=O) groups excluding carboxylic acids is 1. The molecule has 3 heterocycles. The highest BCUT2D eigenvalue weighted by Gasteiger charge is 2.31. The van der Waals surface area contributed by atoms with Crippen LogP contribution >= 0.6 is 0 Å². The van der Waals surface area contributed by atoms with E-state index in [2.05, 4.69) is 49.6 Å². The van der Waals surface area contributed by atoms with E-state index in [1.165, 1.54) is 0 Å². The fourth-order valence-electron chi connectivity index (χ4n) is 4.61. The van der Waals surface area contributed by atoms with Gasteiger partial charge in [0.05, 0.1) is 12.1 Å². The van der Waals surface area contributed by atoms with Crippen molar-refractivity contribution in [3.8, 4) is 11.5 Å². The van der Waals surface area contributed by atoms with E-state index in [1.807, 2.05) is 61.5 Å². The Balaban J connectivity index is 1.21. The second-order valence-corrected chi connectivity index (χ2v) is 8.92. The maximum absolute atomic E-state index is 13.3. The van der Waals surface area contributed by atoms with Gasteiger partial charge in [0, 0.05) is 12.1 Å². The quantitative estimate of drug-likeness (QED) is 0.427. The Labute approximate surface area is 205 Å². The number of nitrogens with zero attached hydrogens (tertiary/aromatic N) is 4. The van der Waals surface area contributed by atoms with Crippen molar-refractivity contribution in [1.82, 2.24) is 25.3 Å². The fourth-order valence-corrected chi connectivity index (χ4v) is 4.61. The molecule has 1 N–H and O–H groups in total. The number of piperidine rings is 1. The molecule has 4 aromatic rings. The van der Waals surface area contributed by atoms with Gasteiger partial charge in [-0.05, 0) is 56.1 Å². The highest BCUT2D eigenvalue weighted by Crippen LogP contribution is 2.29. The van der Waals surface area contributed by atoms with Crippen LogP contribution in [0.1, 0.15) is 48.7 Å². The number of pyridine rings is 1. The molecule has 0 spiro atoms. The molecule has 1 amide bonds. The lowest BCUT2D eigenvalue weighted by Crippen LogP contribution is -2.48. The zero-order valence-electron chi connectivity index (χ0n) is 19.7. The molecule has 1 saturated heterocycles. The summed E-state index contributed by atoms with van der Waals surface area (Å²) < 4.78 is 5.55. The number of benzene rings is 2. The monoisotopic (exact) mass is 467 g/mol. The summed E-state index contributed by atoms with van der Waals surface area (Å²) in [5.74, 6) is 1.38. The number of rotatable bonds is 7. The number of likely N-dealkylation sites (tertiary alicyclic amines) is 1. The highest BCUT2D eigenvalue weighted by molar-refractivity contribution is 5.82. The van der Waals surface area contributed by atoms with E-state index in [9.17, 15) is 4.79 Å². The minimum Gasteiger partial charge on any atom is -0.344 e. The summed E-state index contributed by atoms with van der Waals surface area (Å²) in [4.78, 5) is 24.4. The minimum absolute atomic E-state index is 0.0244. The van der Waals surface area contributed by atoms with Gasteiger partial charge in [-0.1, -0.05) is 71.9 Å². The zero-order valence-corrected chi connectivity index (χ0v) is 19.7. The van der Waals surface area contributed by atoms with Crippen LogP contribution < -0.4 is 5.32 Å². The molecule has 7 nitrogen and oxygen atoms in total. The average Bonchev–Trinajstić information content (AvgIpc) is 3.43. The molecule has 2 aromatic carbocycles. The van der Waals surface area contributed by atoms with E-state index in [0.717, 1.165) is 37.1 Å². The molecule has 0 saturated carbocycles. The lowest BCUT2D eigenvalue weighted by Gasteiger charge is -2.35. The van der Waals surface area contributed by atoms with E-state index in [-0.39, 0.29) is 23.9 Å². The van der Waals surface area contributed by atoms with Gasteiger partial charge in [0.1, 0.15) is 5.69 Å². The van der Waals surface area contributed by atoms with Gasteiger partial charge in [-0.3, -0.25) is 14.7 Å². The van der Waals surface area contributed by atoms with Crippen LogP contribution in [0, 0.1) is 0 Å². The molecule has 178 valence electrons. The van der Waals surface area contributed by atoms with E-state index in [1.54, 1.807) is 6.20 Å². The molecule has 7 heteroatoms. The average molecular weight is 468 g/mol. The first kappa shape index (κ1) is 22.9. The molecular weight excluding hydrogens is 438 g/mol. The predicted octanol–water partition coefficient (Wildman–Crippen LogP) is 4.61. The number of aromatic nitrogens is 3. The molecule has 0 radical (unpaired) electrons. The van der Waals surface area contributed by atoms with Gasteiger partial charge < -0.3 is 9.84 Å². The summed E-state index contributed by atoms with van der Waals surface area (Å²) in [5, 5.41) is 7.39. The molecule has 0 bridgehead atoms. The van der Waals surface area contributed by atoms with Crippen LogP contribution in [-0.2, 0) is 4.79 Å². The topological polar surface area (TPSA) is 84.2 Å². The SMILES string of the molecule is CC(C(=O)NC(c1ccccc1)c1ccccc1)N1CCC(c2nc(-c3ccccn3)no2)CC1. The maximum atomic E-state index is 13.3. The van der Waals surface area contributed by atoms with E-state index in [0.29, 0.717) is 17.4 Å². The normalized spacial score (nSPS) is 15.7. The lowest BCUT2D eigenvalue weighted by atomic mass is 9.95. The van der Waals surface area contributed by atoms with E-state index in [4.69, 9.17) is 4.52 Å². The van der Waals surface area contributed by atoms with Crippen molar-refractivity contribution in [3.63, 3.8) is 0 Å². The van der Waals surface area contributed by atoms with Gasteiger partial charge in [0.2, 0.25) is 17.6 Å². The Morgan fingerprint density at radius 1 is 0.943 bits per heavy atom. The molecule has 5 rings (SSSR count). The Bertz CT molecular complexity index is 1180. The lowest BCUT2D eigenvalue weighted by molar-refractivity contribution is -0.126. The number of amides is 1. The summed E-state index contributed by atoms with van der Waals surface area (Å²) in [7, 11) is 0. The first-order chi connectivity index (χ1) is 17.2. The van der Waals surface area contributed by atoms with Crippen molar-refractivity contribution >= 4 is 5.91 Å². The predicted molar refractivity (Wildman–Crippen MR) is 133 cm³/mol. The highest BCUT2D eigenvalue weighted by atomic mass is 16.5. The van der Waals surface area contributed by atoms with Crippen molar-refractivity contribution in [3.05, 3.63) is 102 Å². The van der Waals surface area contributed by atoms with Crippen LogP contribution in [-0.4, -0.2) is 45.1 Å². The summed E-state index contributed by atoms with van der Waals surface area (Å²) in [6.45, 7) is 3.57. The molecule has 1 aliphatic rings. The molecule has 1 aliphatic heterocycles. The summed E-state index contributed by atoms with van der Waals surface area (Å²) >= 11 is 0. The summed E-state index contributed by atoms with van der Waals surface area (Å²) in [6.07, 6.45) is 3.45. The zero-order chi connectivity index (χ0) is 24.0. The number of nitrogens with one attached hydrogen (secondary N) is 1. The van der Waals surface area contributed by atoms with Crippen LogP contribution in [0.25, 0.3) is 11.5 Å². The number of hydrogen-bond donors (Lipinski definition) is 1. The maximum Gasteiger partial charge on any atom is 0.237 e. The van der Waals surface area contributed by atoms with E-state index < -0.39 is 0 Å². The Morgan fingerprint density at radius 2 is 1.57 bits per heavy atom. The van der Waals surface area contributed by atoms with Crippen LogP contribution in [0.2, 0.25) is 0 Å². The van der Waals surface area contributed by atoms with E-state index >= 15 is 0 Å². The van der Waals surface area contributed by atoms with Crippen LogP contribution in [0.4, 0.5) is 0 Å². The molecule has 1 fully saturated rings. The minimum atomic E-state index is -0.238. The van der Waals surface area contributed by atoms with Crippen LogP contribution in [0.15, 0.2) is 89.6 Å². The first-order valence-corrected chi connectivity index (χ1v) is 12.1. The summed E-state index contributed by atoms with van der Waals surface area (Å²) in [6, 6.07) is 25.4. The van der Waals surface area contributed by atoms with Gasteiger partial charge in [-0.15, -0.1) is 0 Å². The standard InChI is InChI=1S/C28H29N5O2/c1-20(27(34)30-25(21-10-4-2-5-11-21)22-12-6-3-7-13-22)33-18-15-23(16-19-33)28-31-26(32-35-28)24-14-8-9-17-29-24/h2-14,17,20,23,25H,15-16,18-19H2,1H3,(H,30,34). The van der Waals surface area contributed by atoms with Gasteiger partial charge in [0.15, 0.2) is 0 Å². The molecular formula is C28H29N5O2. The Hall–Kier alpha value is -3.84. The number of carbonyl (C=O) groups is 1. The Kier molecular flexibility index (Phi) is 6.95. The third kappa shape index (κ3) is 5.30. The van der Waals surface area contributed by atoms with Crippen molar-refractivity contribution in [2.24, 2.45) is 0 Å². The molecule has 35 heavy (non-hydrogen) atoms. The van der Waals surface area contributed by atoms with Crippen molar-refractivity contribution < 1.29 is 9.32 Å². The van der Waals surface area contributed by atoms with Gasteiger partial charge in [-0.2, -0.15) is 4.98 Å². The van der Waals surface area contributed by atoms with Gasteiger partial charge >= 0.3 is 0 Å². The van der Waals surface area contributed by atoms with Crippen LogP contribution in [0.5, 0.6) is 0 Å². The molecule has 2 aromatic heterocycles. The van der Waals surface area contributed by atoms with Crippen molar-refractivity contribution in [2.45, 2.75) is 37.8 Å². The third-order valence-corrected chi connectivity index (χ3v) is 6.69. The molecule has 1 atom stereocenters. The fraction of sp³-hybridized carbons (Fsp3) is 0.286. The van der Waals surface area contributed by atoms with Gasteiger partial charge in [-0.25, -0.2) is 0 Å². The van der Waals surface area contributed by atoms with Crippen LogP contribution in [0.3, 0.4) is 0 Å². The third-order valence-electron chi connectivity index (χ3n) is 6.69.